The van der Waals surface area contributed by atoms with Crippen LogP contribution in [0.3, 0.4) is 0 Å². The third-order valence-corrected chi connectivity index (χ3v) is 6.02. The Morgan fingerprint density at radius 3 is 2.66 bits per heavy atom. The van der Waals surface area contributed by atoms with Gasteiger partial charge in [0, 0.05) is 36.6 Å². The van der Waals surface area contributed by atoms with Gasteiger partial charge in [-0.05, 0) is 43.2 Å². The van der Waals surface area contributed by atoms with Gasteiger partial charge in [0.05, 0.1) is 22.8 Å². The predicted molar refractivity (Wildman–Crippen MR) is 110 cm³/mol. The predicted octanol–water partition coefficient (Wildman–Crippen LogP) is 3.10. The van der Waals surface area contributed by atoms with E-state index < -0.39 is 0 Å². The SMILES string of the molecule is N#Cc1ccc(N2CCCC2C(=O)N2CC(c3ncnc4ccccc34)C2)cc1. The molecule has 1 unspecified atom stereocenters. The molecule has 144 valence electrons. The molecule has 1 atom stereocenters. The summed E-state index contributed by atoms with van der Waals surface area (Å²) in [5.41, 5.74) is 3.64. The molecule has 0 N–H and O–H groups in total. The lowest BCUT2D eigenvalue weighted by atomic mass is 9.92. The fourth-order valence-corrected chi connectivity index (χ4v) is 4.45. The Bertz CT molecular complexity index is 1090. The number of likely N-dealkylation sites (tertiary alicyclic amines) is 1. The Hall–Kier alpha value is -3.46. The number of fused-ring (bicyclic) bond motifs is 1. The Labute approximate surface area is 169 Å². The zero-order chi connectivity index (χ0) is 19.8. The van der Waals surface area contributed by atoms with Crippen LogP contribution in [0.25, 0.3) is 10.9 Å². The maximum Gasteiger partial charge on any atom is 0.245 e. The number of amides is 1. The molecule has 1 aromatic heterocycles. The summed E-state index contributed by atoms with van der Waals surface area (Å²) in [5, 5.41) is 10.1. The van der Waals surface area contributed by atoms with E-state index in [9.17, 15) is 4.79 Å². The molecule has 2 aliphatic rings. The summed E-state index contributed by atoms with van der Waals surface area (Å²) in [6.07, 6.45) is 3.49. The van der Waals surface area contributed by atoms with Crippen molar-refractivity contribution in [3.05, 3.63) is 66.1 Å². The van der Waals surface area contributed by atoms with E-state index in [0.717, 1.165) is 41.7 Å². The minimum atomic E-state index is -0.119. The number of carbonyl (C=O) groups is 1. The Morgan fingerprint density at radius 1 is 1.07 bits per heavy atom. The molecular formula is C23H21N5O. The second kappa shape index (κ2) is 7.17. The number of para-hydroxylation sites is 1. The molecule has 0 bridgehead atoms. The van der Waals surface area contributed by atoms with Crippen molar-refractivity contribution in [1.29, 1.82) is 5.26 Å². The molecule has 6 nitrogen and oxygen atoms in total. The van der Waals surface area contributed by atoms with Gasteiger partial charge in [0.1, 0.15) is 12.4 Å². The highest BCUT2D eigenvalue weighted by Crippen LogP contribution is 2.33. The van der Waals surface area contributed by atoms with Crippen LogP contribution in [0, 0.1) is 11.3 Å². The van der Waals surface area contributed by atoms with Crippen LogP contribution in [0.1, 0.15) is 30.0 Å². The molecule has 3 aromatic rings. The van der Waals surface area contributed by atoms with Gasteiger partial charge in [-0.1, -0.05) is 18.2 Å². The summed E-state index contributed by atoms with van der Waals surface area (Å²) in [6.45, 7) is 2.28. The van der Waals surface area contributed by atoms with E-state index in [2.05, 4.69) is 27.0 Å². The number of benzene rings is 2. The van der Waals surface area contributed by atoms with E-state index in [1.807, 2.05) is 47.4 Å². The van der Waals surface area contributed by atoms with Crippen molar-refractivity contribution in [3.63, 3.8) is 0 Å². The van der Waals surface area contributed by atoms with Crippen LogP contribution in [0.15, 0.2) is 54.9 Å². The molecular weight excluding hydrogens is 362 g/mol. The fourth-order valence-electron chi connectivity index (χ4n) is 4.45. The summed E-state index contributed by atoms with van der Waals surface area (Å²) in [7, 11) is 0. The van der Waals surface area contributed by atoms with E-state index in [1.54, 1.807) is 6.33 Å². The van der Waals surface area contributed by atoms with Crippen LogP contribution >= 0.6 is 0 Å². The number of anilines is 1. The molecule has 3 heterocycles. The van der Waals surface area contributed by atoms with Crippen molar-refractivity contribution in [2.75, 3.05) is 24.5 Å². The normalized spacial score (nSPS) is 19.2. The highest BCUT2D eigenvalue weighted by atomic mass is 16.2. The number of nitrogens with zero attached hydrogens (tertiary/aromatic N) is 5. The van der Waals surface area contributed by atoms with E-state index in [0.29, 0.717) is 18.7 Å². The molecule has 0 spiro atoms. The molecule has 2 saturated heterocycles. The molecule has 2 aromatic carbocycles. The smallest absolute Gasteiger partial charge is 0.245 e. The molecule has 2 fully saturated rings. The van der Waals surface area contributed by atoms with Crippen LogP contribution in [-0.2, 0) is 4.79 Å². The van der Waals surface area contributed by atoms with Crippen LogP contribution in [0.4, 0.5) is 5.69 Å². The van der Waals surface area contributed by atoms with Crippen molar-refractivity contribution in [2.45, 2.75) is 24.8 Å². The summed E-state index contributed by atoms with van der Waals surface area (Å²) >= 11 is 0. The summed E-state index contributed by atoms with van der Waals surface area (Å²) in [5.74, 6) is 0.457. The zero-order valence-electron chi connectivity index (χ0n) is 16.0. The number of hydrogen-bond donors (Lipinski definition) is 0. The van der Waals surface area contributed by atoms with E-state index in [1.165, 1.54) is 0 Å². The van der Waals surface area contributed by atoms with Crippen molar-refractivity contribution in [1.82, 2.24) is 14.9 Å². The van der Waals surface area contributed by atoms with Crippen molar-refractivity contribution >= 4 is 22.5 Å². The average molecular weight is 383 g/mol. The van der Waals surface area contributed by atoms with Gasteiger partial charge in [-0.15, -0.1) is 0 Å². The van der Waals surface area contributed by atoms with Crippen molar-refractivity contribution in [2.24, 2.45) is 0 Å². The highest BCUT2D eigenvalue weighted by molar-refractivity contribution is 5.87. The van der Waals surface area contributed by atoms with Crippen LogP contribution in [-0.4, -0.2) is 46.5 Å². The van der Waals surface area contributed by atoms with Gasteiger partial charge in [-0.3, -0.25) is 4.79 Å². The van der Waals surface area contributed by atoms with E-state index >= 15 is 0 Å². The van der Waals surface area contributed by atoms with Gasteiger partial charge in [0.15, 0.2) is 0 Å². The van der Waals surface area contributed by atoms with Gasteiger partial charge in [0.25, 0.3) is 0 Å². The van der Waals surface area contributed by atoms with E-state index in [4.69, 9.17) is 5.26 Å². The van der Waals surface area contributed by atoms with E-state index in [-0.39, 0.29) is 17.9 Å². The second-order valence-corrected chi connectivity index (χ2v) is 7.73. The first-order chi connectivity index (χ1) is 14.2. The third kappa shape index (κ3) is 3.09. The first-order valence-corrected chi connectivity index (χ1v) is 10.00. The first kappa shape index (κ1) is 17.6. The number of carbonyl (C=O) groups excluding carboxylic acids is 1. The zero-order valence-corrected chi connectivity index (χ0v) is 16.0. The second-order valence-electron chi connectivity index (χ2n) is 7.73. The lowest BCUT2D eigenvalue weighted by Crippen LogP contribution is -2.55. The standard InChI is InChI=1S/C23H21N5O/c24-12-16-7-9-18(10-8-16)28-11-3-6-21(28)23(29)27-13-17(14-27)22-19-4-1-2-5-20(19)25-15-26-22/h1-2,4-5,7-10,15,17,21H,3,6,11,13-14H2. The highest BCUT2D eigenvalue weighted by Gasteiger charge is 2.40. The lowest BCUT2D eigenvalue weighted by Gasteiger charge is -2.42. The van der Waals surface area contributed by atoms with Crippen molar-refractivity contribution in [3.8, 4) is 6.07 Å². The maximum absolute atomic E-state index is 13.2. The molecule has 1 amide bonds. The van der Waals surface area contributed by atoms with Crippen LogP contribution in [0.2, 0.25) is 0 Å². The minimum absolute atomic E-state index is 0.119. The van der Waals surface area contributed by atoms with Crippen LogP contribution in [0.5, 0.6) is 0 Å². The molecule has 2 aliphatic heterocycles. The molecule has 29 heavy (non-hydrogen) atoms. The Balaban J connectivity index is 1.30. The fraction of sp³-hybridized carbons (Fsp3) is 0.304. The monoisotopic (exact) mass is 383 g/mol. The van der Waals surface area contributed by atoms with Crippen molar-refractivity contribution < 1.29 is 4.79 Å². The maximum atomic E-state index is 13.2. The molecule has 6 heteroatoms. The number of aromatic nitrogens is 2. The Kier molecular flexibility index (Phi) is 4.36. The van der Waals surface area contributed by atoms with Gasteiger partial charge < -0.3 is 9.80 Å². The lowest BCUT2D eigenvalue weighted by molar-refractivity contribution is -0.136. The topological polar surface area (TPSA) is 73.1 Å². The summed E-state index contributed by atoms with van der Waals surface area (Å²) in [4.78, 5) is 26.2. The van der Waals surface area contributed by atoms with Crippen LogP contribution < -0.4 is 4.90 Å². The first-order valence-electron chi connectivity index (χ1n) is 10.00. The summed E-state index contributed by atoms with van der Waals surface area (Å²) in [6, 6.07) is 17.6. The number of rotatable bonds is 3. The number of hydrogen-bond acceptors (Lipinski definition) is 5. The molecule has 5 rings (SSSR count). The Morgan fingerprint density at radius 2 is 1.86 bits per heavy atom. The van der Waals surface area contributed by atoms with Gasteiger partial charge in [0.2, 0.25) is 5.91 Å². The summed E-state index contributed by atoms with van der Waals surface area (Å²) < 4.78 is 0. The largest absolute Gasteiger partial charge is 0.360 e. The molecule has 0 saturated carbocycles. The quantitative estimate of drug-likeness (QED) is 0.695. The average Bonchev–Trinajstić information content (AvgIpc) is 3.23. The van der Waals surface area contributed by atoms with Gasteiger partial charge >= 0.3 is 0 Å². The van der Waals surface area contributed by atoms with Gasteiger partial charge in [-0.25, -0.2) is 9.97 Å². The minimum Gasteiger partial charge on any atom is -0.360 e. The third-order valence-electron chi connectivity index (χ3n) is 6.02. The van der Waals surface area contributed by atoms with Gasteiger partial charge in [-0.2, -0.15) is 5.26 Å². The number of nitriles is 1. The molecule has 0 radical (unpaired) electrons. The molecule has 0 aliphatic carbocycles.